The van der Waals surface area contributed by atoms with E-state index in [1.807, 2.05) is 52.0 Å². The van der Waals surface area contributed by atoms with Gasteiger partial charge in [0, 0.05) is 18.8 Å². The van der Waals surface area contributed by atoms with Gasteiger partial charge < -0.3 is 15.4 Å². The average molecular weight is 264 g/mol. The lowest BCUT2D eigenvalue weighted by Gasteiger charge is -2.17. The minimum absolute atomic E-state index is 0.0347. The van der Waals surface area contributed by atoms with E-state index in [1.165, 1.54) is 5.56 Å². The van der Waals surface area contributed by atoms with Gasteiger partial charge in [0.25, 0.3) is 0 Å². The second kappa shape index (κ2) is 7.92. The summed E-state index contributed by atoms with van der Waals surface area (Å²) in [5.41, 5.74) is 2.00. The van der Waals surface area contributed by atoms with Crippen LogP contribution in [0.3, 0.4) is 0 Å². The highest BCUT2D eigenvalue weighted by Crippen LogP contribution is 2.08. The van der Waals surface area contributed by atoms with Gasteiger partial charge in [-0.15, -0.1) is 0 Å². The molecule has 1 amide bonds. The van der Waals surface area contributed by atoms with E-state index in [1.54, 1.807) is 0 Å². The van der Waals surface area contributed by atoms with E-state index in [4.69, 9.17) is 4.74 Å². The van der Waals surface area contributed by atoms with E-state index in [0.717, 1.165) is 5.69 Å². The van der Waals surface area contributed by atoms with Crippen LogP contribution in [0.2, 0.25) is 0 Å². The maximum Gasteiger partial charge on any atom is 0.241 e. The van der Waals surface area contributed by atoms with Crippen molar-refractivity contribution >= 4 is 11.6 Å². The van der Waals surface area contributed by atoms with Gasteiger partial charge in [-0.2, -0.15) is 0 Å². The number of carbonyl (C=O) groups excluding carboxylic acids is 1. The molecule has 0 saturated heterocycles. The number of rotatable bonds is 7. The summed E-state index contributed by atoms with van der Waals surface area (Å²) in [6.07, 6.45) is 0.111. The summed E-state index contributed by atoms with van der Waals surface area (Å²) >= 11 is 0. The van der Waals surface area contributed by atoms with Gasteiger partial charge in [0.15, 0.2) is 0 Å². The minimum atomic E-state index is -0.246. The number of nitrogens with one attached hydrogen (secondary N) is 2. The predicted octanol–water partition coefficient (Wildman–Crippen LogP) is 2.34. The summed E-state index contributed by atoms with van der Waals surface area (Å²) in [4.78, 5) is 12.0. The first kappa shape index (κ1) is 15.7. The van der Waals surface area contributed by atoms with Gasteiger partial charge in [-0.1, -0.05) is 17.7 Å². The number of hydrogen-bond donors (Lipinski definition) is 2. The van der Waals surface area contributed by atoms with Gasteiger partial charge >= 0.3 is 0 Å². The number of anilines is 1. The zero-order chi connectivity index (χ0) is 14.3. The van der Waals surface area contributed by atoms with Crippen LogP contribution in [0.1, 0.15) is 26.3 Å². The smallest absolute Gasteiger partial charge is 0.241 e. The molecule has 0 saturated carbocycles. The minimum Gasteiger partial charge on any atom is -0.377 e. The Kier molecular flexibility index (Phi) is 6.53. The first-order valence-corrected chi connectivity index (χ1v) is 6.75. The Bertz CT molecular complexity index is 390. The van der Waals surface area contributed by atoms with Crippen LogP contribution in [0.5, 0.6) is 0 Å². The lowest BCUT2D eigenvalue weighted by molar-refractivity contribution is -0.117. The molecule has 0 aromatic heterocycles. The normalized spacial score (nSPS) is 13.9. The third kappa shape index (κ3) is 5.85. The standard InChI is InChI=1S/C15H24N2O2/c1-5-19-12(3)10-16-13(4)15(18)17-14-8-6-11(2)7-9-14/h6-9,12-13,16H,5,10H2,1-4H3,(H,17,18). The zero-order valence-corrected chi connectivity index (χ0v) is 12.2. The molecule has 0 aliphatic rings. The van der Waals surface area contributed by atoms with Crippen molar-refractivity contribution < 1.29 is 9.53 Å². The van der Waals surface area contributed by atoms with Crippen molar-refractivity contribution in [2.45, 2.75) is 39.8 Å². The fourth-order valence-corrected chi connectivity index (χ4v) is 1.67. The second-order valence-corrected chi connectivity index (χ2v) is 4.75. The van der Waals surface area contributed by atoms with Crippen LogP contribution < -0.4 is 10.6 Å². The Morgan fingerprint density at radius 2 is 1.89 bits per heavy atom. The maximum absolute atomic E-state index is 12.0. The monoisotopic (exact) mass is 264 g/mol. The van der Waals surface area contributed by atoms with E-state index in [0.29, 0.717) is 13.2 Å². The number of hydrogen-bond acceptors (Lipinski definition) is 3. The predicted molar refractivity (Wildman–Crippen MR) is 78.4 cm³/mol. The van der Waals surface area contributed by atoms with E-state index in [9.17, 15) is 4.79 Å². The van der Waals surface area contributed by atoms with Gasteiger partial charge in [0.05, 0.1) is 12.1 Å². The number of ether oxygens (including phenoxy) is 1. The number of benzene rings is 1. The van der Waals surface area contributed by atoms with Gasteiger partial charge in [-0.3, -0.25) is 4.79 Å². The summed E-state index contributed by atoms with van der Waals surface area (Å²) in [6, 6.07) is 7.52. The molecule has 106 valence electrons. The van der Waals surface area contributed by atoms with Crippen molar-refractivity contribution in [2.24, 2.45) is 0 Å². The molecule has 0 radical (unpaired) electrons. The molecule has 0 fully saturated rings. The number of amides is 1. The average Bonchev–Trinajstić information content (AvgIpc) is 2.39. The highest BCUT2D eigenvalue weighted by Gasteiger charge is 2.13. The molecule has 0 aliphatic heterocycles. The van der Waals surface area contributed by atoms with Crippen LogP contribution in [0.25, 0.3) is 0 Å². The summed E-state index contributed by atoms with van der Waals surface area (Å²) in [5.74, 6) is -0.0347. The van der Waals surface area contributed by atoms with Crippen LogP contribution in [0, 0.1) is 6.92 Å². The molecule has 1 aromatic rings. The Hall–Kier alpha value is -1.39. The molecule has 0 spiro atoms. The highest BCUT2D eigenvalue weighted by atomic mass is 16.5. The largest absolute Gasteiger partial charge is 0.377 e. The van der Waals surface area contributed by atoms with Crippen LogP contribution >= 0.6 is 0 Å². The molecule has 1 aromatic carbocycles. The lowest BCUT2D eigenvalue weighted by atomic mass is 10.2. The van der Waals surface area contributed by atoms with Gasteiger partial charge in [0.1, 0.15) is 0 Å². The van der Waals surface area contributed by atoms with E-state index in [2.05, 4.69) is 10.6 Å². The van der Waals surface area contributed by atoms with Crippen LogP contribution in [0.4, 0.5) is 5.69 Å². The molecule has 0 heterocycles. The summed E-state index contributed by atoms with van der Waals surface area (Å²) in [5, 5.41) is 6.04. The molecule has 4 nitrogen and oxygen atoms in total. The van der Waals surface area contributed by atoms with Gasteiger partial charge in [-0.25, -0.2) is 0 Å². The van der Waals surface area contributed by atoms with Crippen LogP contribution in [-0.2, 0) is 9.53 Å². The Morgan fingerprint density at radius 1 is 1.26 bits per heavy atom. The van der Waals surface area contributed by atoms with Crippen molar-refractivity contribution in [3.05, 3.63) is 29.8 Å². The Balaban J connectivity index is 2.38. The molecule has 2 unspecified atom stereocenters. The summed E-state index contributed by atoms with van der Waals surface area (Å²) in [6.45, 7) is 9.17. The van der Waals surface area contributed by atoms with Crippen molar-refractivity contribution in [1.82, 2.24) is 5.32 Å². The zero-order valence-electron chi connectivity index (χ0n) is 12.2. The summed E-state index contributed by atoms with van der Waals surface area (Å²) in [7, 11) is 0. The van der Waals surface area contributed by atoms with E-state index < -0.39 is 0 Å². The van der Waals surface area contributed by atoms with Gasteiger partial charge in [-0.05, 0) is 39.8 Å². The quantitative estimate of drug-likeness (QED) is 0.794. The fourth-order valence-electron chi connectivity index (χ4n) is 1.67. The molecule has 2 atom stereocenters. The lowest BCUT2D eigenvalue weighted by Crippen LogP contribution is -2.41. The molecule has 4 heteroatoms. The molecular formula is C15H24N2O2. The van der Waals surface area contributed by atoms with Crippen molar-refractivity contribution in [1.29, 1.82) is 0 Å². The Labute approximate surface area is 115 Å². The van der Waals surface area contributed by atoms with Gasteiger partial charge in [0.2, 0.25) is 5.91 Å². The third-order valence-electron chi connectivity index (χ3n) is 2.88. The second-order valence-electron chi connectivity index (χ2n) is 4.75. The number of carbonyl (C=O) groups is 1. The first-order chi connectivity index (χ1) is 9.02. The topological polar surface area (TPSA) is 50.4 Å². The fraction of sp³-hybridized carbons (Fsp3) is 0.533. The molecule has 1 rings (SSSR count). The van der Waals surface area contributed by atoms with Crippen molar-refractivity contribution in [3.8, 4) is 0 Å². The highest BCUT2D eigenvalue weighted by molar-refractivity contribution is 5.94. The van der Waals surface area contributed by atoms with Crippen LogP contribution in [-0.4, -0.2) is 31.2 Å². The molecule has 0 aliphatic carbocycles. The molecule has 2 N–H and O–H groups in total. The summed E-state index contributed by atoms with van der Waals surface area (Å²) < 4.78 is 5.41. The van der Waals surface area contributed by atoms with E-state index in [-0.39, 0.29) is 18.1 Å². The molecular weight excluding hydrogens is 240 g/mol. The molecule has 0 bridgehead atoms. The van der Waals surface area contributed by atoms with E-state index >= 15 is 0 Å². The SMILES string of the molecule is CCOC(C)CNC(C)C(=O)Nc1ccc(C)cc1. The third-order valence-corrected chi connectivity index (χ3v) is 2.88. The van der Waals surface area contributed by atoms with Crippen molar-refractivity contribution in [3.63, 3.8) is 0 Å². The molecule has 19 heavy (non-hydrogen) atoms. The Morgan fingerprint density at radius 3 is 2.47 bits per heavy atom. The first-order valence-electron chi connectivity index (χ1n) is 6.75. The maximum atomic E-state index is 12.0. The van der Waals surface area contributed by atoms with Crippen molar-refractivity contribution in [2.75, 3.05) is 18.5 Å². The number of aryl methyl sites for hydroxylation is 1. The van der Waals surface area contributed by atoms with Crippen LogP contribution in [0.15, 0.2) is 24.3 Å².